The standard InChI is InChI=1S/C61H100O6/c1-4-7-10-13-16-19-22-25-27-29-31-33-34-36-39-42-45-48-51-54-60(63)66-57-58(56-65-59(62)53-50-47-44-41-38-24-21-18-15-12-9-6-3)67-61(64)55-52-49-46-43-40-37-35-32-30-28-26-23-20-17-14-11-8-5-2/h7,10-11,14,16-17,19-20,23,25-28,30-33,35,58H,4-6,8-9,12-13,15,18,21-22,24,29,34,36-57H2,1-3H3/b10-7-,14-11-,19-16-,20-17-,26-23-,27-25-,30-28-,33-31-,35-32-. The van der Waals surface area contributed by atoms with Crippen molar-refractivity contribution in [1.29, 1.82) is 0 Å². The van der Waals surface area contributed by atoms with Crippen LogP contribution in [0.1, 0.15) is 239 Å². The highest BCUT2D eigenvalue weighted by Crippen LogP contribution is 2.15. The fourth-order valence-corrected chi connectivity index (χ4v) is 7.29. The van der Waals surface area contributed by atoms with Crippen LogP contribution in [0.15, 0.2) is 109 Å². The van der Waals surface area contributed by atoms with Crippen molar-refractivity contribution in [2.45, 2.75) is 245 Å². The number of carbonyl (C=O) groups is 3. The summed E-state index contributed by atoms with van der Waals surface area (Å²) >= 11 is 0. The second kappa shape index (κ2) is 54.7. The topological polar surface area (TPSA) is 78.9 Å². The zero-order chi connectivity index (χ0) is 48.6. The van der Waals surface area contributed by atoms with Crippen LogP contribution in [0.3, 0.4) is 0 Å². The summed E-state index contributed by atoms with van der Waals surface area (Å²) in [5.74, 6) is -0.934. The van der Waals surface area contributed by atoms with Crippen LogP contribution in [-0.4, -0.2) is 37.2 Å². The van der Waals surface area contributed by atoms with Crippen LogP contribution in [0, 0.1) is 0 Å². The van der Waals surface area contributed by atoms with E-state index in [1.807, 2.05) is 24.3 Å². The summed E-state index contributed by atoms with van der Waals surface area (Å²) in [6.07, 6.45) is 73.5. The SMILES string of the molecule is CC/C=C\C/C=C\C/C=C\C/C=C\CCCCCCCCC(=O)OCC(COC(=O)CCCCCCCCCCCCCC)OC(=O)CCCCCCC\C=C/C=C\C=C/C=C\C=C/CCC. The fraction of sp³-hybridized carbons (Fsp3) is 0.656. The Kier molecular flexibility index (Phi) is 51.5. The average molecular weight is 929 g/mol. The van der Waals surface area contributed by atoms with Crippen molar-refractivity contribution in [3.63, 3.8) is 0 Å². The lowest BCUT2D eigenvalue weighted by Gasteiger charge is -2.18. The maximum atomic E-state index is 12.8. The second-order valence-electron chi connectivity index (χ2n) is 17.9. The molecule has 0 aromatic carbocycles. The van der Waals surface area contributed by atoms with Crippen LogP contribution in [0.25, 0.3) is 0 Å². The highest BCUT2D eigenvalue weighted by Gasteiger charge is 2.19. The average Bonchev–Trinajstić information content (AvgIpc) is 3.33. The van der Waals surface area contributed by atoms with Gasteiger partial charge in [-0.15, -0.1) is 0 Å². The van der Waals surface area contributed by atoms with Gasteiger partial charge < -0.3 is 14.2 Å². The molecule has 0 N–H and O–H groups in total. The minimum absolute atomic E-state index is 0.0935. The number of unbranched alkanes of at least 4 members (excludes halogenated alkanes) is 23. The molecule has 67 heavy (non-hydrogen) atoms. The maximum absolute atomic E-state index is 12.8. The van der Waals surface area contributed by atoms with Crippen LogP contribution in [-0.2, 0) is 28.6 Å². The van der Waals surface area contributed by atoms with E-state index in [9.17, 15) is 14.4 Å². The Labute approximate surface area is 412 Å². The van der Waals surface area contributed by atoms with Gasteiger partial charge in [0.05, 0.1) is 0 Å². The van der Waals surface area contributed by atoms with E-state index in [1.165, 1.54) is 77.0 Å². The molecule has 0 aromatic heterocycles. The fourth-order valence-electron chi connectivity index (χ4n) is 7.29. The third-order valence-corrected chi connectivity index (χ3v) is 11.4. The first-order valence-electron chi connectivity index (χ1n) is 27.5. The predicted molar refractivity (Wildman–Crippen MR) is 288 cm³/mol. The molecule has 6 nitrogen and oxygen atoms in total. The summed E-state index contributed by atoms with van der Waals surface area (Å²) in [6, 6.07) is 0. The summed E-state index contributed by atoms with van der Waals surface area (Å²) in [4.78, 5) is 38.1. The Bertz CT molecular complexity index is 1390. The third kappa shape index (κ3) is 52.9. The van der Waals surface area contributed by atoms with Gasteiger partial charge in [0, 0.05) is 19.3 Å². The number of allylic oxidation sites excluding steroid dienone is 18. The lowest BCUT2D eigenvalue weighted by atomic mass is 10.0. The van der Waals surface area contributed by atoms with Gasteiger partial charge in [0.2, 0.25) is 0 Å². The van der Waals surface area contributed by atoms with E-state index in [0.29, 0.717) is 19.3 Å². The monoisotopic (exact) mass is 929 g/mol. The molecule has 0 heterocycles. The van der Waals surface area contributed by atoms with Gasteiger partial charge in [-0.25, -0.2) is 0 Å². The van der Waals surface area contributed by atoms with Crippen molar-refractivity contribution < 1.29 is 28.6 Å². The van der Waals surface area contributed by atoms with E-state index in [1.54, 1.807) is 0 Å². The number of hydrogen-bond donors (Lipinski definition) is 0. The summed E-state index contributed by atoms with van der Waals surface area (Å²) < 4.78 is 16.8. The summed E-state index contributed by atoms with van der Waals surface area (Å²) in [7, 11) is 0. The van der Waals surface area contributed by atoms with E-state index in [-0.39, 0.29) is 31.1 Å². The number of esters is 3. The van der Waals surface area contributed by atoms with Gasteiger partial charge in [-0.1, -0.05) is 252 Å². The summed E-state index contributed by atoms with van der Waals surface area (Å²) in [5.41, 5.74) is 0. The molecular formula is C61H100O6. The number of rotatable bonds is 48. The van der Waals surface area contributed by atoms with Gasteiger partial charge in [0.1, 0.15) is 13.2 Å². The van der Waals surface area contributed by atoms with E-state index in [0.717, 1.165) is 122 Å². The number of carbonyl (C=O) groups excluding carboxylic acids is 3. The van der Waals surface area contributed by atoms with Crippen molar-refractivity contribution in [2.24, 2.45) is 0 Å². The van der Waals surface area contributed by atoms with Gasteiger partial charge in [-0.05, 0) is 77.0 Å². The molecule has 1 atom stereocenters. The zero-order valence-corrected chi connectivity index (χ0v) is 43.4. The molecule has 0 saturated heterocycles. The molecule has 0 rings (SSSR count). The van der Waals surface area contributed by atoms with Crippen LogP contribution in [0.2, 0.25) is 0 Å². The Morgan fingerprint density at radius 3 is 1.10 bits per heavy atom. The highest BCUT2D eigenvalue weighted by atomic mass is 16.6. The quantitative estimate of drug-likeness (QED) is 0.0199. The largest absolute Gasteiger partial charge is 0.462 e. The zero-order valence-electron chi connectivity index (χ0n) is 43.4. The minimum atomic E-state index is -0.798. The minimum Gasteiger partial charge on any atom is -0.462 e. The van der Waals surface area contributed by atoms with Gasteiger partial charge in [-0.3, -0.25) is 14.4 Å². The van der Waals surface area contributed by atoms with Crippen molar-refractivity contribution >= 4 is 17.9 Å². The van der Waals surface area contributed by atoms with E-state index < -0.39 is 6.10 Å². The lowest BCUT2D eigenvalue weighted by molar-refractivity contribution is -0.167. The predicted octanol–water partition coefficient (Wildman–Crippen LogP) is 18.3. The van der Waals surface area contributed by atoms with Crippen molar-refractivity contribution in [3.8, 4) is 0 Å². The first-order chi connectivity index (χ1) is 33.0. The Balaban J connectivity index is 4.46. The molecule has 0 aliphatic carbocycles. The third-order valence-electron chi connectivity index (χ3n) is 11.4. The van der Waals surface area contributed by atoms with Crippen molar-refractivity contribution in [2.75, 3.05) is 13.2 Å². The lowest BCUT2D eigenvalue weighted by Crippen LogP contribution is -2.30. The maximum Gasteiger partial charge on any atom is 0.306 e. The van der Waals surface area contributed by atoms with E-state index in [4.69, 9.17) is 14.2 Å². The van der Waals surface area contributed by atoms with Crippen LogP contribution in [0.4, 0.5) is 0 Å². The van der Waals surface area contributed by atoms with Gasteiger partial charge in [0.15, 0.2) is 6.10 Å². The van der Waals surface area contributed by atoms with Crippen LogP contribution in [0.5, 0.6) is 0 Å². The van der Waals surface area contributed by atoms with Crippen molar-refractivity contribution in [1.82, 2.24) is 0 Å². The van der Waals surface area contributed by atoms with Gasteiger partial charge in [0.25, 0.3) is 0 Å². The summed E-state index contributed by atoms with van der Waals surface area (Å²) in [5, 5.41) is 0. The Morgan fingerprint density at radius 1 is 0.328 bits per heavy atom. The molecule has 380 valence electrons. The molecule has 0 bridgehead atoms. The normalized spacial score (nSPS) is 12.9. The molecule has 0 aliphatic rings. The molecule has 0 spiro atoms. The number of ether oxygens (including phenoxy) is 3. The highest BCUT2D eigenvalue weighted by molar-refractivity contribution is 5.71. The number of hydrogen-bond acceptors (Lipinski definition) is 6. The molecule has 0 aliphatic heterocycles. The van der Waals surface area contributed by atoms with Crippen LogP contribution >= 0.6 is 0 Å². The van der Waals surface area contributed by atoms with Crippen molar-refractivity contribution in [3.05, 3.63) is 109 Å². The molecule has 0 aromatic rings. The molecule has 0 saturated carbocycles. The molecule has 6 heteroatoms. The molecule has 0 radical (unpaired) electrons. The second-order valence-corrected chi connectivity index (χ2v) is 17.9. The van der Waals surface area contributed by atoms with E-state index >= 15 is 0 Å². The van der Waals surface area contributed by atoms with Gasteiger partial charge in [-0.2, -0.15) is 0 Å². The Morgan fingerprint density at radius 2 is 0.672 bits per heavy atom. The first kappa shape index (κ1) is 63.1. The summed E-state index contributed by atoms with van der Waals surface area (Å²) in [6.45, 7) is 6.40. The van der Waals surface area contributed by atoms with Gasteiger partial charge >= 0.3 is 17.9 Å². The molecule has 0 fully saturated rings. The molecule has 1 unspecified atom stereocenters. The molecular weight excluding hydrogens is 829 g/mol. The van der Waals surface area contributed by atoms with Crippen LogP contribution < -0.4 is 0 Å². The first-order valence-corrected chi connectivity index (χ1v) is 27.5. The smallest absolute Gasteiger partial charge is 0.306 e. The Hall–Kier alpha value is -3.93. The molecule has 0 amide bonds. The van der Waals surface area contributed by atoms with E-state index in [2.05, 4.69) is 106 Å².